The molecule has 0 bridgehead atoms. The quantitative estimate of drug-likeness (QED) is 0.878. The standard InChI is InChI=1S/C18H22N4O2/c19-15(14-5-2-1-3-6-14)13-17(23)21-16-7-4-8-20-18(16)22-9-11-24-12-10-22/h1-8,15H,9-13,19H2,(H,21,23). The molecule has 1 fully saturated rings. The van der Waals surface area contributed by atoms with Crippen LogP contribution >= 0.6 is 0 Å². The van der Waals surface area contributed by atoms with Crippen LogP contribution < -0.4 is 16.0 Å². The van der Waals surface area contributed by atoms with Crippen LogP contribution in [0.15, 0.2) is 48.7 Å². The lowest BCUT2D eigenvalue weighted by molar-refractivity contribution is -0.116. The highest BCUT2D eigenvalue weighted by Gasteiger charge is 2.18. The van der Waals surface area contributed by atoms with Gasteiger partial charge in [-0.3, -0.25) is 4.79 Å². The summed E-state index contributed by atoms with van der Waals surface area (Å²) in [6.45, 7) is 2.87. The molecular formula is C18H22N4O2. The van der Waals surface area contributed by atoms with Gasteiger partial charge in [-0.05, 0) is 17.7 Å². The number of hydrogen-bond acceptors (Lipinski definition) is 5. The van der Waals surface area contributed by atoms with Gasteiger partial charge in [-0.15, -0.1) is 0 Å². The molecule has 2 heterocycles. The third-order valence-corrected chi connectivity index (χ3v) is 4.00. The molecule has 1 aliphatic rings. The van der Waals surface area contributed by atoms with Crippen LogP contribution in [-0.4, -0.2) is 37.2 Å². The molecule has 1 amide bonds. The molecular weight excluding hydrogens is 304 g/mol. The lowest BCUT2D eigenvalue weighted by Crippen LogP contribution is -2.37. The predicted octanol–water partition coefficient (Wildman–Crippen LogP) is 1.95. The van der Waals surface area contributed by atoms with Gasteiger partial charge in [0, 0.05) is 31.7 Å². The summed E-state index contributed by atoms with van der Waals surface area (Å²) in [5, 5.41) is 2.94. The number of amides is 1. The van der Waals surface area contributed by atoms with Gasteiger partial charge >= 0.3 is 0 Å². The molecule has 1 unspecified atom stereocenters. The molecule has 1 aromatic carbocycles. The van der Waals surface area contributed by atoms with E-state index in [1.165, 1.54) is 0 Å². The van der Waals surface area contributed by atoms with Crippen molar-refractivity contribution >= 4 is 17.4 Å². The number of nitrogens with one attached hydrogen (secondary N) is 1. The van der Waals surface area contributed by atoms with Crippen molar-refractivity contribution < 1.29 is 9.53 Å². The van der Waals surface area contributed by atoms with E-state index in [0.717, 1.165) is 24.5 Å². The smallest absolute Gasteiger partial charge is 0.226 e. The number of morpholine rings is 1. The maximum absolute atomic E-state index is 12.4. The number of aromatic nitrogens is 1. The van der Waals surface area contributed by atoms with Crippen molar-refractivity contribution in [1.82, 2.24) is 4.98 Å². The highest BCUT2D eigenvalue weighted by atomic mass is 16.5. The number of carbonyl (C=O) groups excluding carboxylic acids is 1. The molecule has 1 saturated heterocycles. The largest absolute Gasteiger partial charge is 0.378 e. The molecule has 0 radical (unpaired) electrons. The van der Waals surface area contributed by atoms with Gasteiger partial charge in [0.1, 0.15) is 0 Å². The lowest BCUT2D eigenvalue weighted by Gasteiger charge is -2.29. The number of nitrogens with two attached hydrogens (primary N) is 1. The number of benzene rings is 1. The summed E-state index contributed by atoms with van der Waals surface area (Å²) in [4.78, 5) is 18.9. The summed E-state index contributed by atoms with van der Waals surface area (Å²) >= 11 is 0. The first-order valence-corrected chi connectivity index (χ1v) is 8.12. The Bertz CT molecular complexity index is 672. The SMILES string of the molecule is NC(CC(=O)Nc1cccnc1N1CCOCC1)c1ccccc1. The zero-order valence-electron chi connectivity index (χ0n) is 13.5. The third kappa shape index (κ3) is 4.10. The van der Waals surface area contributed by atoms with Crippen LogP contribution in [-0.2, 0) is 9.53 Å². The third-order valence-electron chi connectivity index (χ3n) is 4.00. The first-order chi connectivity index (χ1) is 11.7. The number of carbonyl (C=O) groups is 1. The Kier molecular flexibility index (Phi) is 5.40. The fraction of sp³-hybridized carbons (Fsp3) is 0.333. The van der Waals surface area contributed by atoms with Crippen LogP contribution in [0.3, 0.4) is 0 Å². The van der Waals surface area contributed by atoms with E-state index in [-0.39, 0.29) is 18.4 Å². The average Bonchev–Trinajstić information content (AvgIpc) is 2.63. The first-order valence-electron chi connectivity index (χ1n) is 8.12. The van der Waals surface area contributed by atoms with Crippen molar-refractivity contribution in [2.45, 2.75) is 12.5 Å². The van der Waals surface area contributed by atoms with Gasteiger partial charge < -0.3 is 20.7 Å². The normalized spacial score (nSPS) is 15.8. The van der Waals surface area contributed by atoms with E-state index in [1.54, 1.807) is 6.20 Å². The van der Waals surface area contributed by atoms with E-state index in [9.17, 15) is 4.79 Å². The Balaban J connectivity index is 1.66. The second kappa shape index (κ2) is 7.90. The van der Waals surface area contributed by atoms with Crippen LogP contribution in [0, 0.1) is 0 Å². The van der Waals surface area contributed by atoms with Gasteiger partial charge in [0.2, 0.25) is 5.91 Å². The maximum Gasteiger partial charge on any atom is 0.226 e. The van der Waals surface area contributed by atoms with Crippen LogP contribution in [0.1, 0.15) is 18.0 Å². The van der Waals surface area contributed by atoms with Gasteiger partial charge in [-0.25, -0.2) is 4.98 Å². The van der Waals surface area contributed by atoms with Crippen LogP contribution in [0.2, 0.25) is 0 Å². The molecule has 1 atom stereocenters. The minimum absolute atomic E-state index is 0.117. The highest BCUT2D eigenvalue weighted by molar-refractivity contribution is 5.94. The number of pyridine rings is 1. The topological polar surface area (TPSA) is 80.5 Å². The molecule has 3 N–H and O–H groups in total. The number of anilines is 2. The molecule has 3 rings (SSSR count). The Hall–Kier alpha value is -2.44. The summed E-state index contributed by atoms with van der Waals surface area (Å²) in [5.41, 5.74) is 7.79. The monoisotopic (exact) mass is 326 g/mol. The first kappa shape index (κ1) is 16.4. The fourth-order valence-electron chi connectivity index (χ4n) is 2.74. The molecule has 0 spiro atoms. The summed E-state index contributed by atoms with van der Waals surface area (Å²) in [7, 11) is 0. The Morgan fingerprint density at radius 1 is 1.21 bits per heavy atom. The van der Waals surface area contributed by atoms with E-state index < -0.39 is 0 Å². The molecule has 6 heteroatoms. The van der Waals surface area contributed by atoms with E-state index in [0.29, 0.717) is 18.9 Å². The molecule has 6 nitrogen and oxygen atoms in total. The van der Waals surface area contributed by atoms with E-state index in [4.69, 9.17) is 10.5 Å². The number of nitrogens with zero attached hydrogens (tertiary/aromatic N) is 2. The van der Waals surface area contributed by atoms with Crippen molar-refractivity contribution in [1.29, 1.82) is 0 Å². The van der Waals surface area contributed by atoms with E-state index in [2.05, 4.69) is 15.2 Å². The minimum atomic E-state index is -0.324. The fourth-order valence-corrected chi connectivity index (χ4v) is 2.74. The number of ether oxygens (including phenoxy) is 1. The van der Waals surface area contributed by atoms with Gasteiger partial charge in [0.25, 0.3) is 0 Å². The van der Waals surface area contributed by atoms with Gasteiger partial charge in [-0.2, -0.15) is 0 Å². The van der Waals surface area contributed by atoms with Crippen LogP contribution in [0.4, 0.5) is 11.5 Å². The maximum atomic E-state index is 12.4. The second-order valence-electron chi connectivity index (χ2n) is 5.74. The van der Waals surface area contributed by atoms with Crippen LogP contribution in [0.5, 0.6) is 0 Å². The molecule has 0 saturated carbocycles. The average molecular weight is 326 g/mol. The Morgan fingerprint density at radius 3 is 2.71 bits per heavy atom. The summed E-state index contributed by atoms with van der Waals surface area (Å²) in [6, 6.07) is 13.0. The van der Waals surface area contributed by atoms with Gasteiger partial charge in [-0.1, -0.05) is 30.3 Å². The minimum Gasteiger partial charge on any atom is -0.378 e. The summed E-state index contributed by atoms with van der Waals surface area (Å²) in [6.07, 6.45) is 1.96. The lowest BCUT2D eigenvalue weighted by atomic mass is 10.0. The van der Waals surface area contributed by atoms with Crippen molar-refractivity contribution in [2.24, 2.45) is 5.73 Å². The Morgan fingerprint density at radius 2 is 1.96 bits per heavy atom. The van der Waals surface area contributed by atoms with Crippen molar-refractivity contribution in [3.8, 4) is 0 Å². The zero-order valence-corrected chi connectivity index (χ0v) is 13.5. The number of hydrogen-bond donors (Lipinski definition) is 2. The molecule has 2 aromatic rings. The van der Waals surface area contributed by atoms with Gasteiger partial charge in [0.05, 0.1) is 18.9 Å². The molecule has 0 aliphatic carbocycles. The van der Waals surface area contributed by atoms with E-state index >= 15 is 0 Å². The second-order valence-corrected chi connectivity index (χ2v) is 5.74. The predicted molar refractivity (Wildman–Crippen MR) is 93.9 cm³/mol. The summed E-state index contributed by atoms with van der Waals surface area (Å²) < 4.78 is 5.37. The summed E-state index contributed by atoms with van der Waals surface area (Å²) in [5.74, 6) is 0.663. The highest BCUT2D eigenvalue weighted by Crippen LogP contribution is 2.24. The van der Waals surface area contributed by atoms with Gasteiger partial charge in [0.15, 0.2) is 5.82 Å². The molecule has 1 aromatic heterocycles. The Labute approximate surface area is 141 Å². The van der Waals surface area contributed by atoms with Crippen molar-refractivity contribution in [3.05, 3.63) is 54.2 Å². The van der Waals surface area contributed by atoms with Crippen molar-refractivity contribution in [2.75, 3.05) is 36.5 Å². The molecule has 126 valence electrons. The molecule has 24 heavy (non-hydrogen) atoms. The van der Waals surface area contributed by atoms with Crippen molar-refractivity contribution in [3.63, 3.8) is 0 Å². The zero-order chi connectivity index (χ0) is 16.8. The van der Waals surface area contributed by atoms with E-state index in [1.807, 2.05) is 42.5 Å². The van der Waals surface area contributed by atoms with Crippen LogP contribution in [0.25, 0.3) is 0 Å². The molecule has 1 aliphatic heterocycles. The number of rotatable bonds is 5.